The van der Waals surface area contributed by atoms with Crippen molar-refractivity contribution in [2.75, 3.05) is 34.9 Å². The van der Waals surface area contributed by atoms with Crippen molar-refractivity contribution < 1.29 is 14.2 Å². The molecule has 0 aliphatic carbocycles. The van der Waals surface area contributed by atoms with Crippen molar-refractivity contribution in [3.63, 3.8) is 0 Å². The summed E-state index contributed by atoms with van der Waals surface area (Å²) in [7, 11) is 6.62. The summed E-state index contributed by atoms with van der Waals surface area (Å²) in [4.78, 5) is 8.43. The predicted octanol–water partition coefficient (Wildman–Crippen LogP) is 2.02. The molecular weight excluding hydrogens is 332 g/mol. The first kappa shape index (κ1) is 19.4. The molecule has 0 saturated heterocycles. The number of methoxy groups -OCH3 is 3. The van der Waals surface area contributed by atoms with E-state index in [0.29, 0.717) is 12.4 Å². The highest BCUT2D eigenvalue weighted by Crippen LogP contribution is 2.27. The van der Waals surface area contributed by atoms with Crippen molar-refractivity contribution in [2.45, 2.75) is 13.0 Å². The fraction of sp³-hybridized carbons (Fsp3) is 0.368. The number of benzene rings is 1. The molecule has 0 amide bonds. The second-order valence-electron chi connectivity index (χ2n) is 5.46. The van der Waals surface area contributed by atoms with Gasteiger partial charge in [-0.05, 0) is 30.2 Å². The standard InChI is InChI=1S/C19H26N4O3/c1-20-19(23-13-15-6-5-10-21-18(15)26-4)22-11-9-14-7-8-16(24-2)17(12-14)25-3/h5-8,10,12H,9,11,13H2,1-4H3,(H2,20,22,23). The van der Waals surface area contributed by atoms with Crippen molar-refractivity contribution in [1.82, 2.24) is 15.6 Å². The summed E-state index contributed by atoms with van der Waals surface area (Å²) in [6.45, 7) is 1.31. The van der Waals surface area contributed by atoms with Crippen LogP contribution in [0.5, 0.6) is 17.4 Å². The normalized spacial score (nSPS) is 11.0. The van der Waals surface area contributed by atoms with Gasteiger partial charge in [0.15, 0.2) is 17.5 Å². The SMILES string of the molecule is CN=C(NCCc1ccc(OC)c(OC)c1)NCc1cccnc1OC. The molecule has 2 N–H and O–H groups in total. The van der Waals surface area contributed by atoms with Crippen molar-refractivity contribution in [2.24, 2.45) is 4.99 Å². The molecule has 1 aromatic carbocycles. The Hall–Kier alpha value is -2.96. The maximum atomic E-state index is 5.34. The van der Waals surface area contributed by atoms with E-state index in [0.717, 1.165) is 41.6 Å². The first-order chi connectivity index (χ1) is 12.7. The van der Waals surface area contributed by atoms with Crippen molar-refractivity contribution in [3.05, 3.63) is 47.7 Å². The van der Waals surface area contributed by atoms with Crippen LogP contribution in [0, 0.1) is 0 Å². The molecule has 2 rings (SSSR count). The minimum absolute atomic E-state index is 0.576. The Morgan fingerprint density at radius 3 is 2.54 bits per heavy atom. The van der Waals surface area contributed by atoms with E-state index < -0.39 is 0 Å². The summed E-state index contributed by atoms with van der Waals surface area (Å²) >= 11 is 0. The van der Waals surface area contributed by atoms with E-state index >= 15 is 0 Å². The lowest BCUT2D eigenvalue weighted by molar-refractivity contribution is 0.354. The maximum Gasteiger partial charge on any atom is 0.218 e. The predicted molar refractivity (Wildman–Crippen MR) is 102 cm³/mol. The van der Waals surface area contributed by atoms with Crippen LogP contribution in [0.4, 0.5) is 0 Å². The van der Waals surface area contributed by atoms with Gasteiger partial charge in [0.25, 0.3) is 0 Å². The fourth-order valence-corrected chi connectivity index (χ4v) is 2.50. The van der Waals surface area contributed by atoms with Crippen LogP contribution in [-0.2, 0) is 13.0 Å². The van der Waals surface area contributed by atoms with Crippen molar-refractivity contribution in [1.29, 1.82) is 0 Å². The maximum absolute atomic E-state index is 5.34. The summed E-state index contributed by atoms with van der Waals surface area (Å²) in [5, 5.41) is 6.56. The van der Waals surface area contributed by atoms with Gasteiger partial charge >= 0.3 is 0 Å². The molecule has 1 heterocycles. The molecular formula is C19H26N4O3. The monoisotopic (exact) mass is 358 g/mol. The number of aliphatic imine (C=N–C) groups is 1. The number of pyridine rings is 1. The van der Waals surface area contributed by atoms with Crippen LogP contribution >= 0.6 is 0 Å². The van der Waals surface area contributed by atoms with Gasteiger partial charge in [-0.25, -0.2) is 4.98 Å². The van der Waals surface area contributed by atoms with Gasteiger partial charge in [0.2, 0.25) is 5.88 Å². The molecule has 0 bridgehead atoms. The first-order valence-electron chi connectivity index (χ1n) is 8.35. The van der Waals surface area contributed by atoms with Gasteiger partial charge in [0, 0.05) is 31.9 Å². The summed E-state index contributed by atoms with van der Waals surface area (Å²) in [5.41, 5.74) is 2.12. The number of nitrogens with one attached hydrogen (secondary N) is 2. The molecule has 1 aromatic heterocycles. The van der Waals surface area contributed by atoms with Crippen LogP contribution in [0.25, 0.3) is 0 Å². The zero-order valence-electron chi connectivity index (χ0n) is 15.7. The summed E-state index contributed by atoms with van der Waals surface area (Å²) in [5.74, 6) is 2.79. The van der Waals surface area contributed by atoms with E-state index in [1.165, 1.54) is 0 Å². The zero-order valence-corrected chi connectivity index (χ0v) is 15.7. The average molecular weight is 358 g/mol. The van der Waals surface area contributed by atoms with E-state index in [2.05, 4.69) is 20.6 Å². The number of rotatable bonds is 8. The molecule has 0 unspecified atom stereocenters. The molecule has 0 radical (unpaired) electrons. The number of hydrogen-bond acceptors (Lipinski definition) is 5. The first-order valence-corrected chi connectivity index (χ1v) is 8.35. The molecule has 0 aliphatic heterocycles. The molecule has 26 heavy (non-hydrogen) atoms. The Morgan fingerprint density at radius 2 is 1.85 bits per heavy atom. The lowest BCUT2D eigenvalue weighted by atomic mass is 10.1. The molecule has 0 spiro atoms. The van der Waals surface area contributed by atoms with E-state index in [1.54, 1.807) is 34.6 Å². The number of aromatic nitrogens is 1. The third-order valence-corrected chi connectivity index (χ3v) is 3.87. The van der Waals surface area contributed by atoms with Crippen LogP contribution in [0.2, 0.25) is 0 Å². The molecule has 7 heteroatoms. The Bertz CT molecular complexity index is 734. The Labute approximate surface area is 154 Å². The van der Waals surface area contributed by atoms with Crippen LogP contribution < -0.4 is 24.8 Å². The Kier molecular flexibility index (Phi) is 7.54. The van der Waals surface area contributed by atoms with Gasteiger partial charge in [0.1, 0.15) is 0 Å². The largest absolute Gasteiger partial charge is 0.493 e. The minimum atomic E-state index is 0.576. The lowest BCUT2D eigenvalue weighted by Crippen LogP contribution is -2.37. The summed E-state index contributed by atoms with van der Waals surface area (Å²) in [6, 6.07) is 9.77. The fourth-order valence-electron chi connectivity index (χ4n) is 2.50. The summed E-state index contributed by atoms with van der Waals surface area (Å²) in [6.07, 6.45) is 2.54. The van der Waals surface area contributed by atoms with E-state index in [4.69, 9.17) is 14.2 Å². The Morgan fingerprint density at radius 1 is 1.04 bits per heavy atom. The number of hydrogen-bond donors (Lipinski definition) is 2. The molecule has 2 aromatic rings. The molecule has 140 valence electrons. The third-order valence-electron chi connectivity index (χ3n) is 3.87. The van der Waals surface area contributed by atoms with Gasteiger partial charge in [-0.15, -0.1) is 0 Å². The smallest absolute Gasteiger partial charge is 0.218 e. The number of guanidine groups is 1. The van der Waals surface area contributed by atoms with Gasteiger partial charge in [-0.1, -0.05) is 12.1 Å². The van der Waals surface area contributed by atoms with Gasteiger partial charge in [-0.3, -0.25) is 4.99 Å². The average Bonchev–Trinajstić information content (AvgIpc) is 2.70. The zero-order chi connectivity index (χ0) is 18.8. The van der Waals surface area contributed by atoms with Crippen LogP contribution in [0.15, 0.2) is 41.5 Å². The number of nitrogens with zero attached hydrogens (tertiary/aromatic N) is 2. The highest BCUT2D eigenvalue weighted by atomic mass is 16.5. The van der Waals surface area contributed by atoms with Crippen LogP contribution in [-0.4, -0.2) is 45.9 Å². The second kappa shape index (κ2) is 10.1. The molecule has 0 atom stereocenters. The molecule has 0 aliphatic rings. The third kappa shape index (κ3) is 5.27. The van der Waals surface area contributed by atoms with Crippen LogP contribution in [0.1, 0.15) is 11.1 Å². The van der Waals surface area contributed by atoms with Gasteiger partial charge < -0.3 is 24.8 Å². The van der Waals surface area contributed by atoms with E-state index in [-0.39, 0.29) is 0 Å². The topological polar surface area (TPSA) is 77.0 Å². The second-order valence-corrected chi connectivity index (χ2v) is 5.46. The molecule has 0 saturated carbocycles. The molecule has 7 nitrogen and oxygen atoms in total. The highest BCUT2D eigenvalue weighted by Gasteiger charge is 2.06. The summed E-state index contributed by atoms with van der Waals surface area (Å²) < 4.78 is 15.9. The van der Waals surface area contributed by atoms with Gasteiger partial charge in [-0.2, -0.15) is 0 Å². The quantitative estimate of drug-likeness (QED) is 0.555. The van der Waals surface area contributed by atoms with Crippen molar-refractivity contribution >= 4 is 5.96 Å². The van der Waals surface area contributed by atoms with Crippen molar-refractivity contribution in [3.8, 4) is 17.4 Å². The van der Waals surface area contributed by atoms with Crippen LogP contribution in [0.3, 0.4) is 0 Å². The van der Waals surface area contributed by atoms with E-state index in [9.17, 15) is 0 Å². The van der Waals surface area contributed by atoms with E-state index in [1.807, 2.05) is 30.3 Å². The minimum Gasteiger partial charge on any atom is -0.493 e. The molecule has 0 fully saturated rings. The Balaban J connectivity index is 1.85. The lowest BCUT2D eigenvalue weighted by Gasteiger charge is -2.14. The number of ether oxygens (including phenoxy) is 3. The highest BCUT2D eigenvalue weighted by molar-refractivity contribution is 5.79. The van der Waals surface area contributed by atoms with Gasteiger partial charge in [0.05, 0.1) is 21.3 Å².